The van der Waals surface area contributed by atoms with Crippen molar-refractivity contribution in [2.75, 3.05) is 13.2 Å². The van der Waals surface area contributed by atoms with E-state index in [9.17, 15) is 9.59 Å². The molecule has 1 aromatic heterocycles. The van der Waals surface area contributed by atoms with Crippen molar-refractivity contribution in [2.45, 2.75) is 39.5 Å². The first-order chi connectivity index (χ1) is 9.07. The summed E-state index contributed by atoms with van der Waals surface area (Å²) in [6.45, 7) is 4.20. The molecule has 0 atom stereocenters. The van der Waals surface area contributed by atoms with Crippen molar-refractivity contribution in [1.82, 2.24) is 15.5 Å². The SMILES string of the molecule is Cc1n[nH]c(=O)c(C(=O)NCCCCCCO)c1C. The Morgan fingerprint density at radius 3 is 2.63 bits per heavy atom. The number of H-pyrrole nitrogens is 1. The average molecular weight is 267 g/mol. The molecule has 0 saturated carbocycles. The van der Waals surface area contributed by atoms with Gasteiger partial charge in [0.2, 0.25) is 0 Å². The summed E-state index contributed by atoms with van der Waals surface area (Å²) in [4.78, 5) is 23.5. The molecule has 1 amide bonds. The van der Waals surface area contributed by atoms with Crippen LogP contribution in [0.25, 0.3) is 0 Å². The van der Waals surface area contributed by atoms with Gasteiger partial charge in [-0.1, -0.05) is 12.8 Å². The van der Waals surface area contributed by atoms with Gasteiger partial charge in [-0.15, -0.1) is 0 Å². The van der Waals surface area contributed by atoms with Crippen LogP contribution >= 0.6 is 0 Å². The molecule has 6 heteroatoms. The molecule has 0 aliphatic carbocycles. The molecule has 0 aromatic carbocycles. The molecule has 106 valence electrons. The second-order valence-corrected chi connectivity index (χ2v) is 4.53. The van der Waals surface area contributed by atoms with Crippen LogP contribution < -0.4 is 10.9 Å². The summed E-state index contributed by atoms with van der Waals surface area (Å²) in [6.07, 6.45) is 3.52. The van der Waals surface area contributed by atoms with Gasteiger partial charge in [-0.05, 0) is 32.3 Å². The van der Waals surface area contributed by atoms with E-state index in [1.165, 1.54) is 0 Å². The lowest BCUT2D eigenvalue weighted by Crippen LogP contribution is -2.32. The first-order valence-electron chi connectivity index (χ1n) is 6.53. The van der Waals surface area contributed by atoms with Crippen molar-refractivity contribution >= 4 is 5.91 Å². The van der Waals surface area contributed by atoms with E-state index in [1.807, 2.05) is 0 Å². The summed E-state index contributed by atoms with van der Waals surface area (Å²) in [5.74, 6) is -0.355. The first-order valence-corrected chi connectivity index (χ1v) is 6.53. The maximum atomic E-state index is 11.9. The molecule has 0 fully saturated rings. The fourth-order valence-corrected chi connectivity index (χ4v) is 1.78. The van der Waals surface area contributed by atoms with Crippen LogP contribution in [0.5, 0.6) is 0 Å². The van der Waals surface area contributed by atoms with Crippen molar-refractivity contribution in [1.29, 1.82) is 0 Å². The van der Waals surface area contributed by atoms with Gasteiger partial charge in [0.25, 0.3) is 11.5 Å². The lowest BCUT2D eigenvalue weighted by atomic mass is 10.1. The Balaban J connectivity index is 2.51. The molecule has 0 aliphatic rings. The van der Waals surface area contributed by atoms with Gasteiger partial charge in [-0.25, -0.2) is 5.10 Å². The maximum Gasteiger partial charge on any atom is 0.277 e. The van der Waals surface area contributed by atoms with Crippen molar-refractivity contribution in [2.24, 2.45) is 0 Å². The minimum atomic E-state index is -0.458. The number of rotatable bonds is 7. The summed E-state index contributed by atoms with van der Waals surface area (Å²) < 4.78 is 0. The zero-order valence-corrected chi connectivity index (χ0v) is 11.5. The highest BCUT2D eigenvalue weighted by atomic mass is 16.3. The molecule has 0 unspecified atom stereocenters. The van der Waals surface area contributed by atoms with Crippen LogP contribution in [0.3, 0.4) is 0 Å². The Kier molecular flexibility index (Phi) is 6.21. The number of hydrogen-bond acceptors (Lipinski definition) is 4. The zero-order valence-electron chi connectivity index (χ0n) is 11.5. The lowest BCUT2D eigenvalue weighted by Gasteiger charge is -2.07. The number of nitrogens with one attached hydrogen (secondary N) is 2. The molecule has 0 radical (unpaired) electrons. The molecule has 3 N–H and O–H groups in total. The number of aromatic nitrogens is 2. The number of aliphatic hydroxyl groups is 1. The van der Waals surface area contributed by atoms with Crippen LogP contribution in [0.1, 0.15) is 47.3 Å². The van der Waals surface area contributed by atoms with Gasteiger partial charge in [0.05, 0.1) is 5.69 Å². The molecule has 0 aliphatic heterocycles. The van der Waals surface area contributed by atoms with Crippen LogP contribution in [0, 0.1) is 13.8 Å². The average Bonchev–Trinajstić information content (AvgIpc) is 2.38. The van der Waals surface area contributed by atoms with Gasteiger partial charge in [0, 0.05) is 13.2 Å². The number of nitrogens with zero attached hydrogens (tertiary/aromatic N) is 1. The summed E-state index contributed by atoms with van der Waals surface area (Å²) in [5.41, 5.74) is 0.943. The topological polar surface area (TPSA) is 95.1 Å². The Morgan fingerprint density at radius 1 is 1.26 bits per heavy atom. The van der Waals surface area contributed by atoms with Gasteiger partial charge < -0.3 is 10.4 Å². The molecule has 6 nitrogen and oxygen atoms in total. The Labute approximate surface area is 112 Å². The Bertz CT molecular complexity index is 483. The molecule has 1 aromatic rings. The minimum Gasteiger partial charge on any atom is -0.396 e. The van der Waals surface area contributed by atoms with E-state index in [1.54, 1.807) is 13.8 Å². The third-order valence-electron chi connectivity index (χ3n) is 3.07. The van der Waals surface area contributed by atoms with E-state index in [2.05, 4.69) is 15.5 Å². The zero-order chi connectivity index (χ0) is 14.3. The fourth-order valence-electron chi connectivity index (χ4n) is 1.78. The van der Waals surface area contributed by atoms with Crippen LogP contribution in [0.15, 0.2) is 4.79 Å². The number of aliphatic hydroxyl groups excluding tert-OH is 1. The smallest absolute Gasteiger partial charge is 0.277 e. The van der Waals surface area contributed by atoms with E-state index >= 15 is 0 Å². The summed E-state index contributed by atoms with van der Waals surface area (Å²) >= 11 is 0. The molecular weight excluding hydrogens is 246 g/mol. The lowest BCUT2D eigenvalue weighted by molar-refractivity contribution is 0.0950. The third kappa shape index (κ3) is 4.48. The van der Waals surface area contributed by atoms with Gasteiger partial charge >= 0.3 is 0 Å². The molecule has 0 bridgehead atoms. The van der Waals surface area contributed by atoms with E-state index in [0.29, 0.717) is 17.8 Å². The number of carbonyl (C=O) groups is 1. The molecule has 19 heavy (non-hydrogen) atoms. The minimum absolute atomic E-state index is 0.142. The monoisotopic (exact) mass is 267 g/mol. The molecule has 0 spiro atoms. The van der Waals surface area contributed by atoms with Crippen LogP contribution in [0.2, 0.25) is 0 Å². The number of hydrogen-bond donors (Lipinski definition) is 3. The Hall–Kier alpha value is -1.69. The van der Waals surface area contributed by atoms with Gasteiger partial charge in [0.15, 0.2) is 0 Å². The summed E-state index contributed by atoms with van der Waals surface area (Å²) in [6, 6.07) is 0. The van der Waals surface area contributed by atoms with Crippen molar-refractivity contribution < 1.29 is 9.90 Å². The van der Waals surface area contributed by atoms with E-state index in [0.717, 1.165) is 25.7 Å². The predicted molar refractivity (Wildman–Crippen MR) is 72.2 cm³/mol. The number of carbonyl (C=O) groups excluding carboxylic acids is 1. The number of aryl methyl sites for hydroxylation is 1. The molecule has 0 saturated heterocycles. The van der Waals surface area contributed by atoms with Gasteiger partial charge in [0.1, 0.15) is 5.56 Å². The third-order valence-corrected chi connectivity index (χ3v) is 3.07. The van der Waals surface area contributed by atoms with Gasteiger partial charge in [-0.3, -0.25) is 9.59 Å². The van der Waals surface area contributed by atoms with Gasteiger partial charge in [-0.2, -0.15) is 5.10 Å². The maximum absolute atomic E-state index is 11.9. The van der Waals surface area contributed by atoms with Crippen LogP contribution in [-0.2, 0) is 0 Å². The second-order valence-electron chi connectivity index (χ2n) is 4.53. The quantitative estimate of drug-likeness (QED) is 0.633. The fraction of sp³-hybridized carbons (Fsp3) is 0.615. The number of amides is 1. The molecular formula is C13H21N3O3. The summed E-state index contributed by atoms with van der Waals surface area (Å²) in [7, 11) is 0. The normalized spacial score (nSPS) is 10.5. The standard InChI is InChI=1S/C13H21N3O3/c1-9-10(2)15-16-13(19)11(9)12(18)14-7-5-3-4-6-8-17/h17H,3-8H2,1-2H3,(H,14,18)(H,16,19). The first kappa shape index (κ1) is 15.4. The molecule has 1 heterocycles. The largest absolute Gasteiger partial charge is 0.396 e. The van der Waals surface area contributed by atoms with Crippen molar-refractivity contribution in [3.63, 3.8) is 0 Å². The molecule has 1 rings (SSSR count). The second kappa shape index (κ2) is 7.68. The summed E-state index contributed by atoms with van der Waals surface area (Å²) in [5, 5.41) is 17.5. The Morgan fingerprint density at radius 2 is 1.95 bits per heavy atom. The van der Waals surface area contributed by atoms with Crippen LogP contribution in [-0.4, -0.2) is 34.4 Å². The van der Waals surface area contributed by atoms with Crippen LogP contribution in [0.4, 0.5) is 0 Å². The number of unbranched alkanes of at least 4 members (excludes halogenated alkanes) is 3. The number of aromatic amines is 1. The van der Waals surface area contributed by atoms with Crippen molar-refractivity contribution in [3.8, 4) is 0 Å². The van der Waals surface area contributed by atoms with Crippen molar-refractivity contribution in [3.05, 3.63) is 27.2 Å². The predicted octanol–water partition coefficient (Wildman–Crippen LogP) is 0.669. The highest BCUT2D eigenvalue weighted by molar-refractivity contribution is 5.95. The highest BCUT2D eigenvalue weighted by Crippen LogP contribution is 2.05. The van der Waals surface area contributed by atoms with E-state index in [-0.39, 0.29) is 18.1 Å². The highest BCUT2D eigenvalue weighted by Gasteiger charge is 2.15. The van der Waals surface area contributed by atoms with E-state index in [4.69, 9.17) is 5.11 Å². The van der Waals surface area contributed by atoms with E-state index < -0.39 is 5.56 Å².